The van der Waals surface area contributed by atoms with Crippen molar-refractivity contribution >= 4 is 26.0 Å². The Kier molecular flexibility index (Phi) is 3.65. The molecule has 3 nitrogen and oxygen atoms in total. The molecule has 1 saturated heterocycles. The van der Waals surface area contributed by atoms with E-state index in [1.54, 1.807) is 25.1 Å². The van der Waals surface area contributed by atoms with E-state index in [0.717, 1.165) is 12.8 Å². The normalized spacial score (nSPS) is 26.4. The van der Waals surface area contributed by atoms with Gasteiger partial charge in [0, 0.05) is 17.9 Å². The van der Waals surface area contributed by atoms with E-state index in [1.165, 1.54) is 0 Å². The van der Waals surface area contributed by atoms with Crippen LogP contribution in [0.1, 0.15) is 33.6 Å². The van der Waals surface area contributed by atoms with E-state index < -0.39 is 14.8 Å². The highest BCUT2D eigenvalue weighted by Gasteiger charge is 2.37. The zero-order valence-electron chi connectivity index (χ0n) is 8.96. The first-order valence-corrected chi connectivity index (χ1v) is 7.24. The van der Waals surface area contributed by atoms with Crippen LogP contribution < -0.4 is 0 Å². The summed E-state index contributed by atoms with van der Waals surface area (Å²) in [5.74, 6) is 0. The van der Waals surface area contributed by atoms with Gasteiger partial charge in [0.2, 0.25) is 10.0 Å². The number of piperidine rings is 1. The monoisotopic (exact) mass is 283 g/mol. The van der Waals surface area contributed by atoms with Gasteiger partial charge in [0.05, 0.1) is 4.75 Å². The predicted molar refractivity (Wildman–Crippen MR) is 62.2 cm³/mol. The van der Waals surface area contributed by atoms with Crippen LogP contribution in [-0.4, -0.2) is 35.4 Å². The molecular formula is C9H18BrNO2S. The molecule has 0 aromatic heterocycles. The molecule has 84 valence electrons. The number of hydrogen-bond acceptors (Lipinski definition) is 2. The molecule has 0 spiro atoms. The van der Waals surface area contributed by atoms with Gasteiger partial charge in [-0.1, -0.05) is 15.9 Å². The third-order valence-corrected chi connectivity index (χ3v) is 5.75. The van der Waals surface area contributed by atoms with E-state index >= 15 is 0 Å². The molecule has 1 atom stereocenters. The van der Waals surface area contributed by atoms with Crippen LogP contribution in [0.15, 0.2) is 0 Å². The third kappa shape index (κ3) is 2.49. The Bertz CT molecular complexity index is 294. The fraction of sp³-hybridized carbons (Fsp3) is 1.00. The summed E-state index contributed by atoms with van der Waals surface area (Å²) in [5, 5.41) is 0. The summed E-state index contributed by atoms with van der Waals surface area (Å²) in [6.45, 7) is 6.53. The van der Waals surface area contributed by atoms with Crippen molar-refractivity contribution in [3.8, 4) is 0 Å². The van der Waals surface area contributed by atoms with E-state index in [-0.39, 0.29) is 0 Å². The van der Waals surface area contributed by atoms with Crippen molar-refractivity contribution in [2.75, 3.05) is 13.1 Å². The molecule has 0 radical (unpaired) electrons. The van der Waals surface area contributed by atoms with Crippen LogP contribution in [0, 0.1) is 0 Å². The SMILES string of the molecule is CC(C)(C)S(=O)(=O)N1CCCC(Br)C1. The van der Waals surface area contributed by atoms with Crippen molar-refractivity contribution < 1.29 is 8.42 Å². The third-order valence-electron chi connectivity index (χ3n) is 2.44. The van der Waals surface area contributed by atoms with Gasteiger partial charge in [-0.3, -0.25) is 0 Å². The van der Waals surface area contributed by atoms with Crippen LogP contribution in [0.3, 0.4) is 0 Å². The van der Waals surface area contributed by atoms with Gasteiger partial charge in [0.1, 0.15) is 0 Å². The van der Waals surface area contributed by atoms with Gasteiger partial charge in [0.25, 0.3) is 0 Å². The van der Waals surface area contributed by atoms with Gasteiger partial charge >= 0.3 is 0 Å². The molecule has 0 aliphatic carbocycles. The molecule has 0 amide bonds. The van der Waals surface area contributed by atoms with E-state index in [4.69, 9.17) is 0 Å². The molecule has 1 aliphatic heterocycles. The van der Waals surface area contributed by atoms with Crippen LogP contribution in [0.2, 0.25) is 0 Å². The van der Waals surface area contributed by atoms with Crippen LogP contribution in [0.4, 0.5) is 0 Å². The Labute approximate surface area is 95.0 Å². The van der Waals surface area contributed by atoms with Gasteiger partial charge in [-0.25, -0.2) is 12.7 Å². The smallest absolute Gasteiger partial charge is 0.212 e. The molecule has 0 saturated carbocycles. The molecule has 0 aromatic carbocycles. The molecule has 1 fully saturated rings. The highest BCUT2D eigenvalue weighted by Crippen LogP contribution is 2.26. The van der Waals surface area contributed by atoms with Crippen molar-refractivity contribution in [1.82, 2.24) is 4.31 Å². The Morgan fingerprint density at radius 2 is 1.93 bits per heavy atom. The van der Waals surface area contributed by atoms with E-state index in [9.17, 15) is 8.42 Å². The second-order valence-corrected chi connectivity index (χ2v) is 8.70. The molecule has 0 bridgehead atoms. The largest absolute Gasteiger partial charge is 0.219 e. The number of alkyl halides is 1. The van der Waals surface area contributed by atoms with Crippen molar-refractivity contribution in [2.24, 2.45) is 0 Å². The summed E-state index contributed by atoms with van der Waals surface area (Å²) in [6.07, 6.45) is 2.02. The second kappa shape index (κ2) is 4.10. The number of rotatable bonds is 1. The lowest BCUT2D eigenvalue weighted by atomic mass is 10.2. The zero-order chi connectivity index (χ0) is 11.0. The molecule has 1 aliphatic rings. The topological polar surface area (TPSA) is 37.4 Å². The standard InChI is InChI=1S/C9H18BrNO2S/c1-9(2,3)14(12,13)11-6-4-5-8(10)7-11/h8H,4-7H2,1-3H3. The summed E-state index contributed by atoms with van der Waals surface area (Å²) >= 11 is 3.48. The highest BCUT2D eigenvalue weighted by atomic mass is 79.9. The average molecular weight is 284 g/mol. The summed E-state index contributed by atoms with van der Waals surface area (Å²) in [6, 6.07) is 0. The molecule has 0 N–H and O–H groups in total. The van der Waals surface area contributed by atoms with Crippen LogP contribution in [0.5, 0.6) is 0 Å². The maximum absolute atomic E-state index is 12.1. The fourth-order valence-corrected chi connectivity index (χ4v) is 3.88. The Morgan fingerprint density at radius 1 is 1.36 bits per heavy atom. The number of nitrogens with zero attached hydrogens (tertiary/aromatic N) is 1. The molecule has 1 unspecified atom stereocenters. The average Bonchev–Trinajstić information content (AvgIpc) is 2.02. The quantitative estimate of drug-likeness (QED) is 0.690. The summed E-state index contributed by atoms with van der Waals surface area (Å²) < 4.78 is 25.0. The Balaban J connectivity index is 2.83. The number of hydrogen-bond donors (Lipinski definition) is 0. The fourth-order valence-electron chi connectivity index (χ4n) is 1.50. The first-order chi connectivity index (χ1) is 6.25. The lowest BCUT2D eigenvalue weighted by Crippen LogP contribution is -2.47. The molecule has 5 heteroatoms. The van der Waals surface area contributed by atoms with Gasteiger partial charge in [0.15, 0.2) is 0 Å². The first kappa shape index (κ1) is 12.5. The van der Waals surface area contributed by atoms with Crippen LogP contribution in [-0.2, 0) is 10.0 Å². The van der Waals surface area contributed by atoms with E-state index in [1.807, 2.05) is 0 Å². The Hall–Kier alpha value is 0.390. The molecule has 14 heavy (non-hydrogen) atoms. The molecule has 1 heterocycles. The van der Waals surface area contributed by atoms with Crippen molar-refractivity contribution in [2.45, 2.75) is 43.2 Å². The summed E-state index contributed by atoms with van der Waals surface area (Å²) in [5.41, 5.74) is 0. The summed E-state index contributed by atoms with van der Waals surface area (Å²) in [7, 11) is -3.13. The highest BCUT2D eigenvalue weighted by molar-refractivity contribution is 9.09. The molecule has 0 aromatic rings. The minimum absolute atomic E-state index is 0.313. The minimum Gasteiger partial charge on any atom is -0.212 e. The summed E-state index contributed by atoms with van der Waals surface area (Å²) in [4.78, 5) is 0.313. The number of halogens is 1. The van der Waals surface area contributed by atoms with Crippen LogP contribution in [0.25, 0.3) is 0 Å². The van der Waals surface area contributed by atoms with E-state index in [2.05, 4.69) is 15.9 Å². The molecular weight excluding hydrogens is 266 g/mol. The van der Waals surface area contributed by atoms with Gasteiger partial charge < -0.3 is 0 Å². The maximum Gasteiger partial charge on any atom is 0.219 e. The van der Waals surface area contributed by atoms with Crippen molar-refractivity contribution in [3.63, 3.8) is 0 Å². The second-order valence-electron chi connectivity index (χ2n) is 4.71. The lowest BCUT2D eigenvalue weighted by molar-refractivity contribution is 0.345. The predicted octanol–water partition coefficient (Wildman–Crippen LogP) is 1.97. The van der Waals surface area contributed by atoms with Gasteiger partial charge in [-0.2, -0.15) is 0 Å². The zero-order valence-corrected chi connectivity index (χ0v) is 11.4. The number of sulfonamides is 1. The first-order valence-electron chi connectivity index (χ1n) is 4.89. The van der Waals surface area contributed by atoms with Gasteiger partial charge in [-0.05, 0) is 33.6 Å². The van der Waals surface area contributed by atoms with E-state index in [0.29, 0.717) is 17.9 Å². The lowest BCUT2D eigenvalue weighted by Gasteiger charge is -2.34. The Morgan fingerprint density at radius 3 is 2.36 bits per heavy atom. The molecule has 1 rings (SSSR count). The van der Waals surface area contributed by atoms with Crippen molar-refractivity contribution in [1.29, 1.82) is 0 Å². The maximum atomic E-state index is 12.1. The van der Waals surface area contributed by atoms with Gasteiger partial charge in [-0.15, -0.1) is 0 Å². The van der Waals surface area contributed by atoms with Crippen LogP contribution >= 0.6 is 15.9 Å². The minimum atomic E-state index is -3.13. The van der Waals surface area contributed by atoms with Crippen molar-refractivity contribution in [3.05, 3.63) is 0 Å².